The van der Waals surface area contributed by atoms with Gasteiger partial charge in [0.1, 0.15) is 0 Å². The molecule has 1 heterocycles. The Balaban J connectivity index is 2.26. The molecule has 0 saturated carbocycles. The molecule has 1 aliphatic heterocycles. The van der Waals surface area contributed by atoms with Crippen molar-refractivity contribution in [2.45, 2.75) is 0 Å². The van der Waals surface area contributed by atoms with Crippen LogP contribution in [0, 0.1) is 0 Å². The number of nitrogens with zero attached hydrogens (tertiary/aromatic N) is 2. The van der Waals surface area contributed by atoms with Gasteiger partial charge in [-0.1, -0.05) is 53.7 Å². The van der Waals surface area contributed by atoms with Gasteiger partial charge in [0.25, 0.3) is 0 Å². The van der Waals surface area contributed by atoms with Crippen molar-refractivity contribution in [1.82, 2.24) is 0 Å². The Hall–Kier alpha value is -3.08. The fourth-order valence-electron chi connectivity index (χ4n) is 2.35. The van der Waals surface area contributed by atoms with Gasteiger partial charge in [-0.2, -0.15) is 0 Å². The zero-order chi connectivity index (χ0) is 14.8. The second-order valence-electron chi connectivity index (χ2n) is 4.58. The number of carbonyl (C=O) groups is 1. The van der Waals surface area contributed by atoms with E-state index in [1.165, 1.54) is 4.90 Å². The summed E-state index contributed by atoms with van der Waals surface area (Å²) in [5.74, 6) is -1.03. The van der Waals surface area contributed by atoms with Gasteiger partial charge in [0.15, 0.2) is 0 Å². The highest BCUT2D eigenvalue weighted by Gasteiger charge is 2.26. The number of amidine groups is 1. The first-order valence-corrected chi connectivity index (χ1v) is 6.40. The highest BCUT2D eigenvalue weighted by Crippen LogP contribution is 2.36. The van der Waals surface area contributed by atoms with E-state index in [9.17, 15) is 4.79 Å². The Kier molecular flexibility index (Phi) is 3.16. The minimum atomic E-state index is -0.568. The van der Waals surface area contributed by atoms with E-state index < -0.39 is 11.7 Å². The van der Waals surface area contributed by atoms with Crippen molar-refractivity contribution in [2.75, 3.05) is 4.90 Å². The van der Waals surface area contributed by atoms with Crippen LogP contribution in [-0.2, 0) is 4.79 Å². The molecule has 0 radical (unpaired) electrons. The molecule has 104 valence electrons. The van der Waals surface area contributed by atoms with E-state index in [-0.39, 0.29) is 0 Å². The van der Waals surface area contributed by atoms with E-state index in [1.807, 2.05) is 60.7 Å². The Bertz CT molecular complexity index is 716. The molecule has 1 amide bonds. The zero-order valence-electron chi connectivity index (χ0n) is 11.1. The Morgan fingerprint density at radius 2 is 1.43 bits per heavy atom. The first-order valence-electron chi connectivity index (χ1n) is 6.40. The van der Waals surface area contributed by atoms with E-state index in [4.69, 9.17) is 10.9 Å². The van der Waals surface area contributed by atoms with Crippen LogP contribution in [0.4, 0.5) is 11.4 Å². The Labute approximate surface area is 121 Å². The first kappa shape index (κ1) is 12.9. The third kappa shape index (κ3) is 2.14. The lowest BCUT2D eigenvalue weighted by atomic mass is 10.1. The van der Waals surface area contributed by atoms with Crippen LogP contribution in [0.1, 0.15) is 11.1 Å². The lowest BCUT2D eigenvalue weighted by molar-refractivity contribution is -0.112. The number of oxime groups is 1. The Morgan fingerprint density at radius 1 is 0.952 bits per heavy atom. The van der Waals surface area contributed by atoms with Crippen molar-refractivity contribution in [3.8, 4) is 0 Å². The second kappa shape index (κ2) is 5.13. The number of anilines is 2. The molecule has 0 saturated heterocycles. The van der Waals surface area contributed by atoms with Gasteiger partial charge in [-0.15, -0.1) is 0 Å². The molecule has 0 spiro atoms. The molecule has 0 unspecified atom stereocenters. The predicted molar refractivity (Wildman–Crippen MR) is 82.4 cm³/mol. The second-order valence-corrected chi connectivity index (χ2v) is 4.58. The number of fused-ring (bicyclic) bond motifs is 2. The maximum absolute atomic E-state index is 12.5. The zero-order valence-corrected chi connectivity index (χ0v) is 11.1. The fourth-order valence-corrected chi connectivity index (χ4v) is 2.35. The molecule has 3 rings (SSSR count). The lowest BCUT2D eigenvalue weighted by Crippen LogP contribution is -2.38. The predicted octanol–water partition coefficient (Wildman–Crippen LogP) is 2.58. The maximum atomic E-state index is 12.5. The van der Waals surface area contributed by atoms with Crippen molar-refractivity contribution < 1.29 is 10.0 Å². The van der Waals surface area contributed by atoms with E-state index in [0.717, 1.165) is 11.1 Å². The number of benzene rings is 2. The lowest BCUT2D eigenvalue weighted by Gasteiger charge is -2.24. The molecule has 0 fully saturated rings. The molecule has 0 aromatic heterocycles. The number of rotatable bonds is 0. The van der Waals surface area contributed by atoms with Gasteiger partial charge in [-0.05, 0) is 23.3 Å². The fraction of sp³-hybridized carbons (Fsp3) is 0. The van der Waals surface area contributed by atoms with Crippen LogP contribution >= 0.6 is 0 Å². The molecule has 1 aliphatic rings. The van der Waals surface area contributed by atoms with Crippen LogP contribution in [0.5, 0.6) is 0 Å². The molecular formula is C16H13N3O2. The summed E-state index contributed by atoms with van der Waals surface area (Å²) in [6.07, 6.45) is 3.88. The van der Waals surface area contributed by atoms with Crippen LogP contribution in [-0.4, -0.2) is 17.0 Å². The summed E-state index contributed by atoms with van der Waals surface area (Å²) in [5, 5.41) is 11.6. The third-order valence-corrected chi connectivity index (χ3v) is 3.33. The van der Waals surface area contributed by atoms with Crippen molar-refractivity contribution in [3.63, 3.8) is 0 Å². The number of nitrogens with two attached hydrogens (primary N) is 1. The van der Waals surface area contributed by atoms with Crippen LogP contribution in [0.3, 0.4) is 0 Å². The van der Waals surface area contributed by atoms with Crippen molar-refractivity contribution in [1.29, 1.82) is 0 Å². The molecule has 2 aromatic rings. The largest absolute Gasteiger partial charge is 0.409 e. The topological polar surface area (TPSA) is 78.9 Å². The highest BCUT2D eigenvalue weighted by molar-refractivity contribution is 6.44. The molecule has 2 aromatic carbocycles. The summed E-state index contributed by atoms with van der Waals surface area (Å²) in [7, 11) is 0. The van der Waals surface area contributed by atoms with E-state index >= 15 is 0 Å². The minimum absolute atomic E-state index is 0.457. The Morgan fingerprint density at radius 3 is 1.90 bits per heavy atom. The van der Waals surface area contributed by atoms with Crippen LogP contribution in [0.15, 0.2) is 53.7 Å². The average Bonchev–Trinajstić information content (AvgIpc) is 2.70. The summed E-state index contributed by atoms with van der Waals surface area (Å²) in [6.45, 7) is 0. The first-order chi connectivity index (χ1) is 10.2. The average molecular weight is 279 g/mol. The number of para-hydroxylation sites is 2. The smallest absolute Gasteiger partial charge is 0.301 e. The van der Waals surface area contributed by atoms with E-state index in [0.29, 0.717) is 11.4 Å². The molecule has 0 aliphatic carbocycles. The van der Waals surface area contributed by atoms with Crippen molar-refractivity contribution in [3.05, 3.63) is 59.7 Å². The summed E-state index contributed by atoms with van der Waals surface area (Å²) in [5.41, 5.74) is 8.65. The quantitative estimate of drug-likeness (QED) is 0.337. The SMILES string of the molecule is N/C(=N\O)C(=O)N1c2ccccc2C=Cc2ccccc21. The van der Waals surface area contributed by atoms with Crippen molar-refractivity contribution >= 4 is 35.3 Å². The summed E-state index contributed by atoms with van der Waals surface area (Å²) in [4.78, 5) is 13.9. The normalized spacial score (nSPS) is 13.3. The molecule has 0 bridgehead atoms. The standard InChI is InChI=1S/C16H13N3O2/c17-15(18-21)16(20)19-13-7-3-1-5-11(13)9-10-12-6-2-4-8-14(12)19/h1-10,21H,(H2,17,18). The minimum Gasteiger partial charge on any atom is -0.409 e. The number of hydrogen-bond donors (Lipinski definition) is 2. The van der Waals surface area contributed by atoms with Gasteiger partial charge in [-0.3, -0.25) is 9.69 Å². The van der Waals surface area contributed by atoms with Crippen LogP contribution < -0.4 is 10.6 Å². The molecule has 0 atom stereocenters. The van der Waals surface area contributed by atoms with Crippen LogP contribution in [0.2, 0.25) is 0 Å². The van der Waals surface area contributed by atoms with E-state index in [1.54, 1.807) is 0 Å². The maximum Gasteiger partial charge on any atom is 0.301 e. The number of hydrogen-bond acceptors (Lipinski definition) is 3. The van der Waals surface area contributed by atoms with Gasteiger partial charge in [0, 0.05) is 0 Å². The molecule has 5 heteroatoms. The van der Waals surface area contributed by atoms with E-state index in [2.05, 4.69) is 5.16 Å². The van der Waals surface area contributed by atoms with Crippen LogP contribution in [0.25, 0.3) is 12.2 Å². The molecule has 3 N–H and O–H groups in total. The number of carbonyl (C=O) groups excluding carboxylic acids is 1. The van der Waals surface area contributed by atoms with Gasteiger partial charge in [0.05, 0.1) is 11.4 Å². The van der Waals surface area contributed by atoms with Crippen molar-refractivity contribution in [2.24, 2.45) is 10.9 Å². The van der Waals surface area contributed by atoms with Gasteiger partial charge < -0.3 is 10.9 Å². The molecule has 5 nitrogen and oxygen atoms in total. The molecular weight excluding hydrogens is 266 g/mol. The van der Waals surface area contributed by atoms with Gasteiger partial charge in [-0.25, -0.2) is 0 Å². The summed E-state index contributed by atoms with van der Waals surface area (Å²) in [6, 6.07) is 14.9. The van der Waals surface area contributed by atoms with Gasteiger partial charge >= 0.3 is 5.91 Å². The molecule has 21 heavy (non-hydrogen) atoms. The monoisotopic (exact) mass is 279 g/mol. The summed E-state index contributed by atoms with van der Waals surface area (Å²) >= 11 is 0. The number of amides is 1. The third-order valence-electron chi connectivity index (χ3n) is 3.33. The highest BCUT2D eigenvalue weighted by atomic mass is 16.4. The summed E-state index contributed by atoms with van der Waals surface area (Å²) < 4.78 is 0. The van der Waals surface area contributed by atoms with Gasteiger partial charge in [0.2, 0.25) is 5.84 Å².